The Balaban J connectivity index is 2.29. The number of rotatable bonds is 2. The molecule has 1 aromatic carbocycles. The average molecular weight is 248 g/mol. The zero-order valence-electron chi connectivity index (χ0n) is 10.9. The van der Waals surface area contributed by atoms with E-state index in [1.54, 1.807) is 25.1 Å². The van der Waals surface area contributed by atoms with Crippen LogP contribution in [0.15, 0.2) is 18.2 Å². The normalized spacial score (nSPS) is 23.4. The summed E-state index contributed by atoms with van der Waals surface area (Å²) in [6.07, 6.45) is 0.992. The molecule has 2 rings (SSSR count). The molecule has 1 saturated heterocycles. The molecule has 1 fully saturated rings. The maximum atomic E-state index is 12.5. The van der Waals surface area contributed by atoms with Crippen molar-refractivity contribution < 1.29 is 9.90 Å². The van der Waals surface area contributed by atoms with Crippen molar-refractivity contribution in [3.63, 3.8) is 0 Å². The molecule has 0 saturated carbocycles. The number of carbonyl (C=O) groups is 1. The van der Waals surface area contributed by atoms with Crippen LogP contribution in [0, 0.1) is 12.8 Å². The molecule has 3 N–H and O–H groups in total. The van der Waals surface area contributed by atoms with E-state index in [0.29, 0.717) is 23.6 Å². The number of carbonyl (C=O) groups excluding carboxylic acids is 1. The van der Waals surface area contributed by atoms with Gasteiger partial charge in [-0.2, -0.15) is 0 Å². The van der Waals surface area contributed by atoms with E-state index in [2.05, 4.69) is 6.92 Å². The van der Waals surface area contributed by atoms with Gasteiger partial charge in [0.15, 0.2) is 0 Å². The number of phenolic OH excluding ortho intramolecular Hbond substituents is 1. The highest BCUT2D eigenvalue weighted by atomic mass is 16.3. The molecule has 2 atom stereocenters. The van der Waals surface area contributed by atoms with Gasteiger partial charge in [0.25, 0.3) is 5.91 Å². The van der Waals surface area contributed by atoms with Crippen LogP contribution in [0.5, 0.6) is 5.75 Å². The second-order valence-electron chi connectivity index (χ2n) is 5.02. The molecule has 1 aliphatic heterocycles. The molecule has 0 spiro atoms. The van der Waals surface area contributed by atoms with Gasteiger partial charge in [-0.15, -0.1) is 0 Å². The average Bonchev–Trinajstić information content (AvgIpc) is 2.73. The lowest BCUT2D eigenvalue weighted by atomic mass is 10.0. The highest BCUT2D eigenvalue weighted by Gasteiger charge is 2.34. The smallest absolute Gasteiger partial charge is 0.254 e. The Kier molecular flexibility index (Phi) is 3.57. The van der Waals surface area contributed by atoms with E-state index in [1.165, 1.54) is 0 Å². The second-order valence-corrected chi connectivity index (χ2v) is 5.02. The van der Waals surface area contributed by atoms with Gasteiger partial charge in [0.1, 0.15) is 5.75 Å². The van der Waals surface area contributed by atoms with Crippen LogP contribution in [-0.4, -0.2) is 35.0 Å². The first kappa shape index (κ1) is 12.9. The van der Waals surface area contributed by atoms with Crippen LogP contribution in [0.25, 0.3) is 0 Å². The monoisotopic (exact) mass is 248 g/mol. The van der Waals surface area contributed by atoms with Gasteiger partial charge in [0.05, 0.1) is 0 Å². The van der Waals surface area contributed by atoms with Crippen molar-refractivity contribution >= 4 is 5.91 Å². The van der Waals surface area contributed by atoms with Gasteiger partial charge in [-0.3, -0.25) is 4.79 Å². The molecular formula is C14H20N2O2. The molecule has 0 aliphatic carbocycles. The highest BCUT2D eigenvalue weighted by Crippen LogP contribution is 2.27. The van der Waals surface area contributed by atoms with Crippen LogP contribution in [0.3, 0.4) is 0 Å². The fourth-order valence-corrected chi connectivity index (χ4v) is 2.63. The van der Waals surface area contributed by atoms with Gasteiger partial charge in [-0.05, 0) is 31.4 Å². The third-order valence-electron chi connectivity index (χ3n) is 3.92. The van der Waals surface area contributed by atoms with Crippen molar-refractivity contribution in [3.05, 3.63) is 29.3 Å². The summed E-state index contributed by atoms with van der Waals surface area (Å²) in [6, 6.07) is 5.17. The standard InChI is InChI=1S/C14H20N2O2/c1-9-6-7-16(12(9)8-15)14(18)11-4-3-5-13(17)10(11)2/h3-5,9,12,17H,6-8,15H2,1-2H3. The minimum atomic E-state index is -0.0248. The van der Waals surface area contributed by atoms with Crippen molar-refractivity contribution in [1.82, 2.24) is 4.90 Å². The summed E-state index contributed by atoms with van der Waals surface area (Å²) in [4.78, 5) is 14.3. The first-order chi connectivity index (χ1) is 8.56. The van der Waals surface area contributed by atoms with E-state index >= 15 is 0 Å². The molecule has 1 heterocycles. The topological polar surface area (TPSA) is 66.6 Å². The zero-order chi connectivity index (χ0) is 13.3. The fourth-order valence-electron chi connectivity index (χ4n) is 2.63. The molecule has 18 heavy (non-hydrogen) atoms. The van der Waals surface area contributed by atoms with Crippen molar-refractivity contribution in [2.24, 2.45) is 11.7 Å². The molecule has 0 radical (unpaired) electrons. The number of amides is 1. The molecule has 98 valence electrons. The Labute approximate surface area is 107 Å². The minimum Gasteiger partial charge on any atom is -0.508 e. The van der Waals surface area contributed by atoms with E-state index in [-0.39, 0.29) is 17.7 Å². The van der Waals surface area contributed by atoms with Crippen LogP contribution < -0.4 is 5.73 Å². The summed E-state index contributed by atoms with van der Waals surface area (Å²) in [6.45, 7) is 5.13. The van der Waals surface area contributed by atoms with E-state index in [1.807, 2.05) is 4.90 Å². The predicted octanol–water partition coefficient (Wildman–Crippen LogP) is 1.51. The Morgan fingerprint density at radius 2 is 2.28 bits per heavy atom. The lowest BCUT2D eigenvalue weighted by Crippen LogP contribution is -2.42. The number of aromatic hydroxyl groups is 1. The van der Waals surface area contributed by atoms with Crippen molar-refractivity contribution in [3.8, 4) is 5.75 Å². The molecule has 4 nitrogen and oxygen atoms in total. The van der Waals surface area contributed by atoms with Crippen LogP contribution >= 0.6 is 0 Å². The lowest BCUT2D eigenvalue weighted by Gasteiger charge is -2.26. The molecule has 4 heteroatoms. The SMILES string of the molecule is Cc1c(O)cccc1C(=O)N1CCC(C)C1CN. The zero-order valence-corrected chi connectivity index (χ0v) is 10.9. The lowest BCUT2D eigenvalue weighted by molar-refractivity contribution is 0.0726. The molecule has 1 aromatic rings. The number of hydrogen-bond donors (Lipinski definition) is 2. The molecule has 1 amide bonds. The van der Waals surface area contributed by atoms with E-state index in [9.17, 15) is 9.90 Å². The van der Waals surface area contributed by atoms with E-state index in [0.717, 1.165) is 13.0 Å². The predicted molar refractivity (Wildman–Crippen MR) is 70.5 cm³/mol. The van der Waals surface area contributed by atoms with Gasteiger partial charge in [0, 0.05) is 30.3 Å². The van der Waals surface area contributed by atoms with Gasteiger partial charge < -0.3 is 15.7 Å². The van der Waals surface area contributed by atoms with Gasteiger partial charge in [-0.25, -0.2) is 0 Å². The van der Waals surface area contributed by atoms with E-state index < -0.39 is 0 Å². The first-order valence-electron chi connectivity index (χ1n) is 6.36. The fraction of sp³-hybridized carbons (Fsp3) is 0.500. The first-order valence-corrected chi connectivity index (χ1v) is 6.36. The third-order valence-corrected chi connectivity index (χ3v) is 3.92. The van der Waals surface area contributed by atoms with Gasteiger partial charge in [-0.1, -0.05) is 13.0 Å². The maximum absolute atomic E-state index is 12.5. The second kappa shape index (κ2) is 4.98. The molecule has 0 aromatic heterocycles. The largest absolute Gasteiger partial charge is 0.508 e. The Morgan fingerprint density at radius 1 is 1.56 bits per heavy atom. The van der Waals surface area contributed by atoms with Gasteiger partial charge in [0.2, 0.25) is 0 Å². The van der Waals surface area contributed by atoms with Crippen LogP contribution in [-0.2, 0) is 0 Å². The number of phenols is 1. The summed E-state index contributed by atoms with van der Waals surface area (Å²) in [5, 5.41) is 9.67. The summed E-state index contributed by atoms with van der Waals surface area (Å²) < 4.78 is 0. The Morgan fingerprint density at radius 3 is 2.94 bits per heavy atom. The van der Waals surface area contributed by atoms with Gasteiger partial charge >= 0.3 is 0 Å². The quantitative estimate of drug-likeness (QED) is 0.833. The van der Waals surface area contributed by atoms with Crippen molar-refractivity contribution in [1.29, 1.82) is 0 Å². The number of nitrogens with two attached hydrogens (primary N) is 1. The van der Waals surface area contributed by atoms with Crippen molar-refractivity contribution in [2.45, 2.75) is 26.3 Å². The molecular weight excluding hydrogens is 228 g/mol. The van der Waals surface area contributed by atoms with Crippen LogP contribution in [0.1, 0.15) is 29.3 Å². The number of nitrogens with zero attached hydrogens (tertiary/aromatic N) is 1. The van der Waals surface area contributed by atoms with Crippen LogP contribution in [0.4, 0.5) is 0 Å². The number of benzene rings is 1. The summed E-state index contributed by atoms with van der Waals surface area (Å²) in [7, 11) is 0. The number of hydrogen-bond acceptors (Lipinski definition) is 3. The highest BCUT2D eigenvalue weighted by molar-refractivity contribution is 5.96. The summed E-state index contributed by atoms with van der Waals surface area (Å²) >= 11 is 0. The van der Waals surface area contributed by atoms with Crippen LogP contribution in [0.2, 0.25) is 0 Å². The maximum Gasteiger partial charge on any atom is 0.254 e. The minimum absolute atomic E-state index is 0.0248. The molecule has 2 unspecified atom stereocenters. The van der Waals surface area contributed by atoms with Crippen molar-refractivity contribution in [2.75, 3.05) is 13.1 Å². The summed E-state index contributed by atoms with van der Waals surface area (Å²) in [5.74, 6) is 0.581. The molecule has 1 aliphatic rings. The van der Waals surface area contributed by atoms with E-state index in [4.69, 9.17) is 5.73 Å². The molecule has 0 bridgehead atoms. The number of likely N-dealkylation sites (tertiary alicyclic amines) is 1. The summed E-state index contributed by atoms with van der Waals surface area (Å²) in [5.41, 5.74) is 6.96. The third kappa shape index (κ3) is 2.08. The Hall–Kier alpha value is -1.55. The Bertz CT molecular complexity index is 459.